The standard InChI is InChI=1S/C32H35ClN6O4/c1-37-18-22(16-28(37)31(40)41)19-42-15-14-38-10-12-39(13-11-38)30-27-8-4-23-17-25(43-20-21-2-5-24(33)6-3-21)7-9-26(23)29(27)35-32(34)36-30/h2-3,5-7,9,16-18H,4,8,10-15,19-20H2,1H3,(H,40,41)(H2,34,35,36). The van der Waals surface area contributed by atoms with Gasteiger partial charge in [0.05, 0.1) is 18.9 Å². The molecule has 43 heavy (non-hydrogen) atoms. The van der Waals surface area contributed by atoms with Gasteiger partial charge in [0.15, 0.2) is 0 Å². The number of aromatic nitrogens is 3. The summed E-state index contributed by atoms with van der Waals surface area (Å²) >= 11 is 6.00. The fraction of sp³-hybridized carbons (Fsp3) is 0.344. The number of benzene rings is 2. The second-order valence-corrected chi connectivity index (χ2v) is 11.4. The van der Waals surface area contributed by atoms with Gasteiger partial charge in [-0.25, -0.2) is 9.78 Å². The Balaban J connectivity index is 1.05. The first-order chi connectivity index (χ1) is 20.8. The van der Waals surface area contributed by atoms with Crippen LogP contribution in [0.5, 0.6) is 5.75 Å². The van der Waals surface area contributed by atoms with Crippen LogP contribution in [0.25, 0.3) is 11.3 Å². The largest absolute Gasteiger partial charge is 0.489 e. The van der Waals surface area contributed by atoms with Crippen molar-refractivity contribution in [1.82, 2.24) is 19.4 Å². The Morgan fingerprint density at radius 3 is 2.53 bits per heavy atom. The number of nitrogen functional groups attached to an aromatic ring is 1. The van der Waals surface area contributed by atoms with Crippen molar-refractivity contribution >= 4 is 29.3 Å². The molecule has 224 valence electrons. The van der Waals surface area contributed by atoms with E-state index in [1.807, 2.05) is 30.3 Å². The van der Waals surface area contributed by atoms with Crippen LogP contribution in [0.1, 0.15) is 32.7 Å². The maximum Gasteiger partial charge on any atom is 0.352 e. The third-order valence-corrected chi connectivity index (χ3v) is 8.32. The summed E-state index contributed by atoms with van der Waals surface area (Å²) in [7, 11) is 1.73. The molecule has 0 saturated carbocycles. The summed E-state index contributed by atoms with van der Waals surface area (Å²) in [4.78, 5) is 25.3. The van der Waals surface area contributed by atoms with Crippen molar-refractivity contribution in [3.05, 3.63) is 87.7 Å². The number of aryl methyl sites for hydroxylation is 2. The molecule has 4 aromatic rings. The molecule has 11 heteroatoms. The zero-order chi connectivity index (χ0) is 29.9. The van der Waals surface area contributed by atoms with E-state index in [4.69, 9.17) is 31.8 Å². The Labute approximate surface area is 255 Å². The number of ether oxygens (including phenoxy) is 2. The quantitative estimate of drug-likeness (QED) is 0.254. The van der Waals surface area contributed by atoms with Gasteiger partial charge < -0.3 is 29.8 Å². The smallest absolute Gasteiger partial charge is 0.352 e. The number of nitrogens with zero attached hydrogens (tertiary/aromatic N) is 5. The number of hydrogen-bond acceptors (Lipinski definition) is 8. The van der Waals surface area contributed by atoms with Gasteiger partial charge in [-0.2, -0.15) is 4.98 Å². The zero-order valence-corrected chi connectivity index (χ0v) is 24.9. The summed E-state index contributed by atoms with van der Waals surface area (Å²) in [5.74, 6) is 1.11. The highest BCUT2D eigenvalue weighted by molar-refractivity contribution is 6.30. The molecular formula is C32H35ClN6O4. The van der Waals surface area contributed by atoms with Gasteiger partial charge in [0.2, 0.25) is 5.95 Å². The maximum atomic E-state index is 11.2. The van der Waals surface area contributed by atoms with Crippen LogP contribution in [0.15, 0.2) is 54.7 Å². The number of halogens is 1. The minimum Gasteiger partial charge on any atom is -0.489 e. The van der Waals surface area contributed by atoms with Crippen molar-refractivity contribution in [1.29, 1.82) is 0 Å². The lowest BCUT2D eigenvalue weighted by Gasteiger charge is -2.37. The molecule has 1 aliphatic carbocycles. The Kier molecular flexibility index (Phi) is 8.51. The third-order valence-electron chi connectivity index (χ3n) is 8.07. The molecule has 0 radical (unpaired) electrons. The monoisotopic (exact) mass is 602 g/mol. The predicted molar refractivity (Wildman–Crippen MR) is 166 cm³/mol. The Hall–Kier alpha value is -4.12. The second kappa shape index (κ2) is 12.6. The van der Waals surface area contributed by atoms with Gasteiger partial charge in [0.1, 0.15) is 23.9 Å². The number of carboxylic acid groups (broad SMARTS) is 1. The van der Waals surface area contributed by atoms with E-state index in [0.29, 0.717) is 24.8 Å². The summed E-state index contributed by atoms with van der Waals surface area (Å²) in [6.45, 7) is 5.72. The van der Waals surface area contributed by atoms with Gasteiger partial charge in [0, 0.05) is 62.1 Å². The number of rotatable bonds is 10. The molecule has 1 saturated heterocycles. The van der Waals surface area contributed by atoms with E-state index in [9.17, 15) is 9.90 Å². The van der Waals surface area contributed by atoms with E-state index in [1.165, 1.54) is 5.56 Å². The first-order valence-corrected chi connectivity index (χ1v) is 14.8. The summed E-state index contributed by atoms with van der Waals surface area (Å²) in [6, 6.07) is 15.5. The first-order valence-electron chi connectivity index (χ1n) is 14.4. The van der Waals surface area contributed by atoms with Crippen LogP contribution >= 0.6 is 11.6 Å². The third kappa shape index (κ3) is 6.61. The number of hydrogen-bond donors (Lipinski definition) is 2. The number of carbonyl (C=O) groups is 1. The molecule has 0 bridgehead atoms. The Morgan fingerprint density at radius 1 is 1.00 bits per heavy atom. The lowest BCUT2D eigenvalue weighted by atomic mass is 9.88. The van der Waals surface area contributed by atoms with Gasteiger partial charge in [-0.15, -0.1) is 0 Å². The van der Waals surface area contributed by atoms with Crippen LogP contribution in [-0.2, 0) is 37.8 Å². The second-order valence-electron chi connectivity index (χ2n) is 11.0. The molecular weight excluding hydrogens is 568 g/mol. The SMILES string of the molecule is Cn1cc(COCCN2CCN(c3nc(N)nc4c3CCc3cc(OCc5ccc(Cl)cc5)ccc3-4)CC2)cc1C(=O)O. The van der Waals surface area contributed by atoms with Crippen molar-refractivity contribution in [2.24, 2.45) is 7.05 Å². The molecule has 1 aliphatic heterocycles. The van der Waals surface area contributed by atoms with Crippen molar-refractivity contribution < 1.29 is 19.4 Å². The first kappa shape index (κ1) is 29.0. The average molecular weight is 603 g/mol. The summed E-state index contributed by atoms with van der Waals surface area (Å²) in [5, 5.41) is 9.93. The summed E-state index contributed by atoms with van der Waals surface area (Å²) < 4.78 is 13.5. The molecule has 2 aliphatic rings. The van der Waals surface area contributed by atoms with Crippen LogP contribution in [0.4, 0.5) is 11.8 Å². The molecule has 2 aromatic heterocycles. The molecule has 3 N–H and O–H groups in total. The van der Waals surface area contributed by atoms with Crippen molar-refractivity contribution in [2.75, 3.05) is 50.0 Å². The minimum atomic E-state index is -0.938. The van der Waals surface area contributed by atoms with Crippen LogP contribution in [-0.4, -0.2) is 69.8 Å². The number of piperazine rings is 1. The number of anilines is 2. The predicted octanol–water partition coefficient (Wildman–Crippen LogP) is 4.43. The topological polar surface area (TPSA) is 119 Å². The molecule has 10 nitrogen and oxygen atoms in total. The van der Waals surface area contributed by atoms with Crippen LogP contribution in [0.2, 0.25) is 5.02 Å². The van der Waals surface area contributed by atoms with Gasteiger partial charge in [0.25, 0.3) is 0 Å². The molecule has 1 fully saturated rings. The molecule has 0 amide bonds. The van der Waals surface area contributed by atoms with Crippen molar-refractivity contribution in [3.8, 4) is 17.0 Å². The molecule has 0 spiro atoms. The van der Waals surface area contributed by atoms with Crippen LogP contribution in [0.3, 0.4) is 0 Å². The maximum absolute atomic E-state index is 11.2. The summed E-state index contributed by atoms with van der Waals surface area (Å²) in [5.41, 5.74) is 12.8. The highest BCUT2D eigenvalue weighted by Gasteiger charge is 2.27. The number of fused-ring (bicyclic) bond motifs is 3. The zero-order valence-electron chi connectivity index (χ0n) is 24.1. The van der Waals surface area contributed by atoms with Crippen molar-refractivity contribution in [2.45, 2.75) is 26.1 Å². The fourth-order valence-electron chi connectivity index (χ4n) is 5.80. The molecule has 3 heterocycles. The minimum absolute atomic E-state index is 0.259. The van der Waals surface area contributed by atoms with Gasteiger partial charge in [-0.1, -0.05) is 23.7 Å². The van der Waals surface area contributed by atoms with Gasteiger partial charge >= 0.3 is 5.97 Å². The highest BCUT2D eigenvalue weighted by Crippen LogP contribution is 2.38. The highest BCUT2D eigenvalue weighted by atomic mass is 35.5. The van der Waals surface area contributed by atoms with Crippen LogP contribution in [0, 0.1) is 0 Å². The molecule has 0 atom stereocenters. The molecule has 0 unspecified atom stereocenters. The normalized spacial score (nSPS) is 14.8. The fourth-order valence-corrected chi connectivity index (χ4v) is 5.93. The Morgan fingerprint density at radius 2 is 1.79 bits per heavy atom. The lowest BCUT2D eigenvalue weighted by Crippen LogP contribution is -2.48. The van der Waals surface area contributed by atoms with Gasteiger partial charge in [-0.05, 0) is 65.9 Å². The Bertz CT molecular complexity index is 1620. The van der Waals surface area contributed by atoms with E-state index >= 15 is 0 Å². The van der Waals surface area contributed by atoms with E-state index in [1.54, 1.807) is 23.9 Å². The number of aromatic carboxylic acids is 1. The van der Waals surface area contributed by atoms with Gasteiger partial charge in [-0.3, -0.25) is 4.90 Å². The summed E-state index contributed by atoms with van der Waals surface area (Å²) in [6.07, 6.45) is 3.52. The average Bonchev–Trinajstić information content (AvgIpc) is 3.39. The van der Waals surface area contributed by atoms with E-state index < -0.39 is 5.97 Å². The van der Waals surface area contributed by atoms with E-state index in [2.05, 4.69) is 26.9 Å². The van der Waals surface area contributed by atoms with Crippen LogP contribution < -0.4 is 15.4 Å². The van der Waals surface area contributed by atoms with E-state index in [-0.39, 0.29) is 11.6 Å². The number of nitrogens with two attached hydrogens (primary N) is 1. The van der Waals surface area contributed by atoms with E-state index in [0.717, 1.165) is 85.1 Å². The lowest BCUT2D eigenvalue weighted by molar-refractivity contribution is 0.0686. The molecule has 2 aromatic carbocycles. The van der Waals surface area contributed by atoms with Crippen molar-refractivity contribution in [3.63, 3.8) is 0 Å². The molecule has 6 rings (SSSR count). The number of carboxylic acids is 1.